The van der Waals surface area contributed by atoms with Crippen LogP contribution in [0.5, 0.6) is 0 Å². The van der Waals surface area contributed by atoms with Crippen LogP contribution < -0.4 is 0 Å². The average molecular weight is 608 g/mol. The second kappa shape index (κ2) is 14.3. The van der Waals surface area contributed by atoms with Crippen LogP contribution in [0.4, 0.5) is 0 Å². The Hall–Kier alpha value is 0.300. The molecule has 0 aromatic heterocycles. The number of rotatable bonds is 0. The van der Waals surface area contributed by atoms with Crippen LogP contribution >= 0.6 is 48.9 Å². The van der Waals surface area contributed by atoms with Crippen LogP contribution in [0, 0.1) is 0 Å². The van der Waals surface area contributed by atoms with E-state index in [4.69, 9.17) is 17.0 Å². The molecule has 0 nitrogen and oxygen atoms in total. The van der Waals surface area contributed by atoms with E-state index in [1.807, 2.05) is 12.1 Å². The molecular formula is C20H18Br2Cl2SiZr. The van der Waals surface area contributed by atoms with Crippen molar-refractivity contribution in [2.45, 2.75) is 13.1 Å². The van der Waals surface area contributed by atoms with Crippen molar-refractivity contribution in [3.05, 3.63) is 81.7 Å². The zero-order valence-electron chi connectivity index (χ0n) is 14.4. The van der Waals surface area contributed by atoms with E-state index in [2.05, 4.69) is 106 Å². The monoisotopic (exact) mass is 604 g/mol. The summed E-state index contributed by atoms with van der Waals surface area (Å²) in [5, 5.41) is 5.19. The SMILES string of the molecule is Brc1c[cH-]c2ccccc12.Brc1c[cH-]c2ccccc12.C[Si]C.[Cl][Zr+2][Cl]. The third kappa shape index (κ3) is 8.12. The van der Waals surface area contributed by atoms with Crippen LogP contribution in [0.1, 0.15) is 0 Å². The van der Waals surface area contributed by atoms with Crippen molar-refractivity contribution in [3.8, 4) is 0 Å². The first kappa shape index (κ1) is 24.3. The molecule has 0 saturated heterocycles. The molecule has 0 fully saturated rings. The molecule has 0 spiro atoms. The summed E-state index contributed by atoms with van der Waals surface area (Å²) in [4.78, 5) is 0. The standard InChI is InChI=1S/2C9H6Br.C2H6Si.2ClH.Zr/c2*10-9-6-5-7-3-1-2-4-8(7)9;1-3-2;;;/h2*1-6H;1-2H3;2*1H;/q2*-1;;;;+4/p-2. The van der Waals surface area contributed by atoms with Gasteiger partial charge < -0.3 is 0 Å². The molecular weight excluding hydrogens is 590 g/mol. The molecule has 0 saturated carbocycles. The van der Waals surface area contributed by atoms with E-state index in [1.54, 1.807) is 0 Å². The molecule has 2 radical (unpaired) electrons. The summed E-state index contributed by atoms with van der Waals surface area (Å²) < 4.78 is 2.37. The molecule has 0 aliphatic carbocycles. The molecule has 0 aliphatic heterocycles. The molecule has 134 valence electrons. The maximum absolute atomic E-state index is 4.93. The van der Waals surface area contributed by atoms with E-state index in [1.165, 1.54) is 30.5 Å². The van der Waals surface area contributed by atoms with Gasteiger partial charge in [-0.3, -0.25) is 0 Å². The van der Waals surface area contributed by atoms with Crippen molar-refractivity contribution in [1.29, 1.82) is 0 Å². The van der Waals surface area contributed by atoms with Gasteiger partial charge in [-0.1, -0.05) is 34.2 Å². The Bertz CT molecular complexity index is 815. The summed E-state index contributed by atoms with van der Waals surface area (Å²) >= 11 is 6.11. The van der Waals surface area contributed by atoms with Gasteiger partial charge in [-0.2, -0.15) is 0 Å². The number of hydrogen-bond acceptors (Lipinski definition) is 0. The second-order valence-electron chi connectivity index (χ2n) is 5.11. The third-order valence-electron chi connectivity index (χ3n) is 3.25. The van der Waals surface area contributed by atoms with Gasteiger partial charge in [-0.15, -0.1) is 114 Å². The van der Waals surface area contributed by atoms with E-state index in [9.17, 15) is 0 Å². The minimum absolute atomic E-state index is 0.826. The van der Waals surface area contributed by atoms with Crippen LogP contribution in [0.25, 0.3) is 21.5 Å². The molecule has 0 bridgehead atoms. The van der Waals surface area contributed by atoms with Crippen molar-refractivity contribution in [2.75, 3.05) is 0 Å². The Balaban J connectivity index is 0.000000201. The summed E-state index contributed by atoms with van der Waals surface area (Å²) in [6.07, 6.45) is 0. The van der Waals surface area contributed by atoms with Gasteiger partial charge in [-0.05, 0) is 0 Å². The molecule has 26 heavy (non-hydrogen) atoms. The van der Waals surface area contributed by atoms with Gasteiger partial charge >= 0.3 is 37.9 Å². The molecule has 4 aromatic carbocycles. The van der Waals surface area contributed by atoms with E-state index in [0.29, 0.717) is 0 Å². The third-order valence-corrected chi connectivity index (χ3v) is 4.64. The van der Waals surface area contributed by atoms with Crippen molar-refractivity contribution in [3.63, 3.8) is 0 Å². The molecule has 0 aliphatic rings. The Morgan fingerprint density at radius 3 is 1.38 bits per heavy atom. The zero-order chi connectivity index (χ0) is 19.4. The van der Waals surface area contributed by atoms with Crippen LogP contribution in [0.2, 0.25) is 13.1 Å². The van der Waals surface area contributed by atoms with Gasteiger partial charge in [0.15, 0.2) is 0 Å². The predicted molar refractivity (Wildman–Crippen MR) is 124 cm³/mol. The van der Waals surface area contributed by atoms with Gasteiger partial charge in [-0.25, -0.2) is 0 Å². The molecule has 0 N–H and O–H groups in total. The average Bonchev–Trinajstić information content (AvgIpc) is 3.21. The first-order chi connectivity index (χ1) is 12.6. The summed E-state index contributed by atoms with van der Waals surface area (Å²) in [6, 6.07) is 25.0. The zero-order valence-corrected chi connectivity index (χ0v) is 22.6. The molecule has 0 atom stereocenters. The first-order valence-corrected chi connectivity index (χ1v) is 17.6. The van der Waals surface area contributed by atoms with Gasteiger partial charge in [0.2, 0.25) is 0 Å². The number of fused-ring (bicyclic) bond motifs is 2. The molecule has 4 rings (SSSR count). The molecule has 6 heteroatoms. The predicted octanol–water partition coefficient (Wildman–Crippen LogP) is 8.81. The van der Waals surface area contributed by atoms with Crippen molar-refractivity contribution >= 4 is 80.0 Å². The fraction of sp³-hybridized carbons (Fsp3) is 0.100. The minimum atomic E-state index is -0.826. The molecule has 0 unspecified atom stereocenters. The van der Waals surface area contributed by atoms with Crippen molar-refractivity contribution < 1.29 is 20.8 Å². The van der Waals surface area contributed by atoms with E-state index < -0.39 is 20.8 Å². The second-order valence-corrected chi connectivity index (χ2v) is 11.5. The summed E-state index contributed by atoms with van der Waals surface area (Å²) in [5.74, 6) is 0. The van der Waals surface area contributed by atoms with Crippen molar-refractivity contribution in [1.82, 2.24) is 0 Å². The fourth-order valence-corrected chi connectivity index (χ4v) is 3.21. The number of hydrogen-bond donors (Lipinski definition) is 0. The van der Waals surface area contributed by atoms with Crippen LogP contribution in [0.3, 0.4) is 0 Å². The summed E-state index contributed by atoms with van der Waals surface area (Å²) in [7, 11) is 11.0. The van der Waals surface area contributed by atoms with E-state index in [-0.39, 0.29) is 0 Å². The molecule has 4 aromatic rings. The quantitative estimate of drug-likeness (QED) is 0.138. The van der Waals surface area contributed by atoms with Crippen LogP contribution in [-0.4, -0.2) is 9.52 Å². The van der Waals surface area contributed by atoms with E-state index >= 15 is 0 Å². The Labute approximate surface area is 193 Å². The summed E-state index contributed by atoms with van der Waals surface area (Å²) in [5.41, 5.74) is 0. The van der Waals surface area contributed by atoms with Gasteiger partial charge in [0.05, 0.1) is 0 Å². The Kier molecular flexibility index (Phi) is 13.4. The normalized spacial score (nSPS) is 9.15. The van der Waals surface area contributed by atoms with Gasteiger partial charge in [0.25, 0.3) is 0 Å². The first-order valence-electron chi connectivity index (χ1n) is 7.73. The maximum atomic E-state index is 4.93. The topological polar surface area (TPSA) is 0 Å². The number of benzene rings is 2. The summed E-state index contributed by atoms with van der Waals surface area (Å²) in [6.45, 7) is 4.31. The Morgan fingerprint density at radius 1 is 0.769 bits per heavy atom. The van der Waals surface area contributed by atoms with Crippen molar-refractivity contribution in [2.24, 2.45) is 0 Å². The van der Waals surface area contributed by atoms with Gasteiger partial charge in [0, 0.05) is 9.52 Å². The number of halogens is 4. The molecule has 0 amide bonds. The van der Waals surface area contributed by atoms with E-state index in [0.717, 1.165) is 9.52 Å². The van der Waals surface area contributed by atoms with Gasteiger partial charge in [0.1, 0.15) is 0 Å². The Morgan fingerprint density at radius 2 is 1.08 bits per heavy atom. The fourth-order valence-electron chi connectivity index (χ4n) is 2.23. The van der Waals surface area contributed by atoms with Crippen LogP contribution in [0.15, 0.2) is 81.7 Å². The molecule has 0 heterocycles. The van der Waals surface area contributed by atoms with Crippen LogP contribution in [-0.2, 0) is 20.8 Å².